The van der Waals surface area contributed by atoms with Crippen molar-refractivity contribution in [1.29, 1.82) is 0 Å². The molecule has 1 N–H and O–H groups in total. The van der Waals surface area contributed by atoms with Gasteiger partial charge in [0.15, 0.2) is 11.6 Å². The molecule has 0 fully saturated rings. The summed E-state index contributed by atoms with van der Waals surface area (Å²) in [6.45, 7) is 0. The molecule has 0 saturated carbocycles. The van der Waals surface area contributed by atoms with Crippen molar-refractivity contribution in [2.45, 2.75) is 4.90 Å². The first-order chi connectivity index (χ1) is 11.0. The van der Waals surface area contributed by atoms with Gasteiger partial charge in [-0.15, -0.1) is 0 Å². The number of sulfonamides is 1. The molecule has 0 aliphatic carbocycles. The van der Waals surface area contributed by atoms with Gasteiger partial charge in [-0.05, 0) is 41.1 Å². The summed E-state index contributed by atoms with van der Waals surface area (Å²) in [5.41, 5.74) is 0.417. The van der Waals surface area contributed by atoms with Crippen LogP contribution in [0.2, 0.25) is 0 Å². The zero-order chi connectivity index (χ0) is 16.4. The lowest BCUT2D eigenvalue weighted by Gasteiger charge is -2.10. The van der Waals surface area contributed by atoms with Crippen LogP contribution in [0.1, 0.15) is 0 Å². The quantitative estimate of drug-likeness (QED) is 0.791. The van der Waals surface area contributed by atoms with Crippen molar-refractivity contribution in [1.82, 2.24) is 0 Å². The summed E-state index contributed by atoms with van der Waals surface area (Å²) in [7, 11) is -2.56. The van der Waals surface area contributed by atoms with Crippen LogP contribution in [-0.4, -0.2) is 15.5 Å². The number of rotatable bonds is 4. The molecule has 3 rings (SSSR count). The Hall–Kier alpha value is -2.60. The van der Waals surface area contributed by atoms with Crippen LogP contribution in [-0.2, 0) is 10.0 Å². The average molecular weight is 331 g/mol. The summed E-state index contributed by atoms with van der Waals surface area (Å²) in [4.78, 5) is -0.163. The van der Waals surface area contributed by atoms with E-state index in [0.29, 0.717) is 5.69 Å². The largest absolute Gasteiger partial charge is 0.494 e. The minimum absolute atomic E-state index is 0.00495. The molecule has 0 saturated heterocycles. The van der Waals surface area contributed by atoms with E-state index >= 15 is 0 Å². The fourth-order valence-electron chi connectivity index (χ4n) is 2.28. The van der Waals surface area contributed by atoms with E-state index in [1.807, 2.05) is 30.3 Å². The molecule has 0 heterocycles. The Morgan fingerprint density at radius 2 is 1.70 bits per heavy atom. The molecule has 0 aliphatic rings. The van der Waals surface area contributed by atoms with Gasteiger partial charge in [0.1, 0.15) is 0 Å². The van der Waals surface area contributed by atoms with Crippen molar-refractivity contribution in [2.24, 2.45) is 0 Å². The highest BCUT2D eigenvalue weighted by Gasteiger charge is 2.17. The normalized spacial score (nSPS) is 11.4. The first kappa shape index (κ1) is 15.3. The second-order valence-electron chi connectivity index (χ2n) is 4.96. The molecule has 6 heteroatoms. The van der Waals surface area contributed by atoms with E-state index in [9.17, 15) is 12.8 Å². The van der Waals surface area contributed by atoms with Gasteiger partial charge in [-0.3, -0.25) is 4.72 Å². The minimum atomic E-state index is -3.88. The number of fused-ring (bicyclic) bond motifs is 1. The van der Waals surface area contributed by atoms with Gasteiger partial charge in [0.25, 0.3) is 10.0 Å². The Balaban J connectivity index is 1.94. The van der Waals surface area contributed by atoms with Crippen LogP contribution in [0.15, 0.2) is 65.6 Å². The van der Waals surface area contributed by atoms with Gasteiger partial charge in [0.2, 0.25) is 0 Å². The molecule has 0 radical (unpaired) electrons. The second kappa shape index (κ2) is 5.89. The third-order valence-electron chi connectivity index (χ3n) is 3.44. The van der Waals surface area contributed by atoms with Crippen LogP contribution < -0.4 is 9.46 Å². The standard InChI is InChI=1S/C17H14FNO3S/c1-22-17-9-8-15(11-16(17)18)23(20,21)19-14-7-6-12-4-2-3-5-13(12)10-14/h2-11,19H,1H3. The highest BCUT2D eigenvalue weighted by atomic mass is 32.2. The molecule has 0 atom stereocenters. The van der Waals surface area contributed by atoms with Crippen LogP contribution in [0, 0.1) is 5.82 Å². The Bertz CT molecular complexity index is 970. The van der Waals surface area contributed by atoms with E-state index in [1.54, 1.807) is 12.1 Å². The van der Waals surface area contributed by atoms with Crippen molar-refractivity contribution in [3.8, 4) is 5.75 Å². The molecule has 3 aromatic carbocycles. The van der Waals surface area contributed by atoms with Crippen LogP contribution in [0.4, 0.5) is 10.1 Å². The predicted octanol–water partition coefficient (Wildman–Crippen LogP) is 3.79. The predicted molar refractivity (Wildman–Crippen MR) is 87.7 cm³/mol. The molecule has 23 heavy (non-hydrogen) atoms. The van der Waals surface area contributed by atoms with Crippen LogP contribution in [0.25, 0.3) is 10.8 Å². The number of hydrogen-bond acceptors (Lipinski definition) is 3. The molecule has 0 spiro atoms. The Morgan fingerprint density at radius 3 is 2.39 bits per heavy atom. The van der Waals surface area contributed by atoms with Crippen molar-refractivity contribution >= 4 is 26.5 Å². The van der Waals surface area contributed by atoms with Crippen molar-refractivity contribution < 1.29 is 17.5 Å². The SMILES string of the molecule is COc1ccc(S(=O)(=O)Nc2ccc3ccccc3c2)cc1F. The maximum Gasteiger partial charge on any atom is 0.262 e. The molecule has 0 bridgehead atoms. The Labute approximate surface area is 133 Å². The Kier molecular flexibility index (Phi) is 3.92. The molecule has 3 aromatic rings. The van der Waals surface area contributed by atoms with Gasteiger partial charge in [0, 0.05) is 5.69 Å². The monoisotopic (exact) mass is 331 g/mol. The van der Waals surface area contributed by atoms with Crippen molar-refractivity contribution in [2.75, 3.05) is 11.8 Å². The van der Waals surface area contributed by atoms with E-state index in [2.05, 4.69) is 4.72 Å². The molecule has 0 aliphatic heterocycles. The number of methoxy groups -OCH3 is 1. The lowest BCUT2D eigenvalue weighted by molar-refractivity contribution is 0.385. The van der Waals surface area contributed by atoms with Gasteiger partial charge in [-0.2, -0.15) is 0 Å². The first-order valence-corrected chi connectivity index (χ1v) is 8.33. The van der Waals surface area contributed by atoms with Gasteiger partial charge < -0.3 is 4.74 Å². The van der Waals surface area contributed by atoms with Gasteiger partial charge in [-0.1, -0.05) is 30.3 Å². The Morgan fingerprint density at radius 1 is 0.957 bits per heavy atom. The summed E-state index contributed by atoms with van der Waals surface area (Å²) in [5.74, 6) is -0.733. The number of benzene rings is 3. The molecule has 4 nitrogen and oxygen atoms in total. The molecule has 0 amide bonds. The van der Waals surface area contributed by atoms with Crippen molar-refractivity contribution in [3.63, 3.8) is 0 Å². The van der Waals surface area contributed by atoms with Crippen molar-refractivity contribution in [3.05, 3.63) is 66.5 Å². The highest BCUT2D eigenvalue weighted by molar-refractivity contribution is 7.92. The van der Waals surface area contributed by atoms with E-state index in [4.69, 9.17) is 4.74 Å². The molecule has 0 aromatic heterocycles. The van der Waals surface area contributed by atoms with Gasteiger partial charge in [0.05, 0.1) is 12.0 Å². The fraction of sp³-hybridized carbons (Fsp3) is 0.0588. The zero-order valence-corrected chi connectivity index (χ0v) is 13.1. The summed E-state index contributed by atoms with van der Waals surface area (Å²) >= 11 is 0. The number of anilines is 1. The topological polar surface area (TPSA) is 55.4 Å². The highest BCUT2D eigenvalue weighted by Crippen LogP contribution is 2.24. The average Bonchev–Trinajstić information content (AvgIpc) is 2.54. The third-order valence-corrected chi connectivity index (χ3v) is 4.81. The maximum atomic E-state index is 13.7. The molecular formula is C17H14FNO3S. The van der Waals surface area contributed by atoms with E-state index < -0.39 is 15.8 Å². The third kappa shape index (κ3) is 3.12. The molecule has 0 unspecified atom stereocenters. The maximum absolute atomic E-state index is 13.7. The fourth-order valence-corrected chi connectivity index (χ4v) is 3.34. The van der Waals surface area contributed by atoms with E-state index in [-0.39, 0.29) is 10.6 Å². The number of halogens is 1. The van der Waals surface area contributed by atoms with Gasteiger partial charge in [-0.25, -0.2) is 12.8 Å². The lowest BCUT2D eigenvalue weighted by Crippen LogP contribution is -2.13. The second-order valence-corrected chi connectivity index (χ2v) is 6.65. The van der Waals surface area contributed by atoms with Crippen LogP contribution in [0.3, 0.4) is 0 Å². The van der Waals surface area contributed by atoms with Crippen LogP contribution in [0.5, 0.6) is 5.75 Å². The van der Waals surface area contributed by atoms with E-state index in [0.717, 1.165) is 16.8 Å². The summed E-state index contributed by atoms with van der Waals surface area (Å²) in [5, 5.41) is 1.92. The van der Waals surface area contributed by atoms with Crippen LogP contribution >= 0.6 is 0 Å². The molecular weight excluding hydrogens is 317 g/mol. The molecule has 118 valence electrons. The summed E-state index contributed by atoms with van der Waals surface area (Å²) in [6, 6.07) is 16.3. The number of nitrogens with one attached hydrogen (secondary N) is 1. The first-order valence-electron chi connectivity index (χ1n) is 6.85. The smallest absolute Gasteiger partial charge is 0.262 e. The van der Waals surface area contributed by atoms with E-state index in [1.165, 1.54) is 19.2 Å². The summed E-state index contributed by atoms with van der Waals surface area (Å²) < 4.78 is 45.7. The van der Waals surface area contributed by atoms with Gasteiger partial charge >= 0.3 is 0 Å². The summed E-state index contributed by atoms with van der Waals surface area (Å²) in [6.07, 6.45) is 0. The minimum Gasteiger partial charge on any atom is -0.494 e. The lowest BCUT2D eigenvalue weighted by atomic mass is 10.1. The zero-order valence-electron chi connectivity index (χ0n) is 12.3. The number of hydrogen-bond donors (Lipinski definition) is 1. The number of ether oxygens (including phenoxy) is 1.